The standard InChI is InChI=1S/C22H18N2O4S.C5H14BNO2/c25-22(26)19(14-17-9-3-7-15-6-1-2-11-18(15)17)24-29(27,28)20-12-4-8-16-10-5-13-23-21(16)20;1-4(2)3-5(7)9-6-8/h1-13,19,24H,14H2,(H,25,26);4-6,8H,3,7H2,1-2H3/t19-;5-/m01/s1. The highest BCUT2D eigenvalue weighted by molar-refractivity contribution is 7.89. The fraction of sp³-hybridized carbons (Fsp3) is 0.259. The Hall–Kier alpha value is -3.35. The van der Waals surface area contributed by atoms with Gasteiger partial charge in [0.2, 0.25) is 10.0 Å². The molecular weight excluding hydrogens is 505 g/mol. The lowest BCUT2D eigenvalue weighted by atomic mass is 9.99. The van der Waals surface area contributed by atoms with Crippen molar-refractivity contribution >= 4 is 45.4 Å². The minimum Gasteiger partial charge on any atom is -0.480 e. The lowest BCUT2D eigenvalue weighted by Crippen LogP contribution is -2.42. The number of aliphatic carboxylic acids is 1. The molecule has 5 N–H and O–H groups in total. The zero-order valence-corrected chi connectivity index (χ0v) is 22.1. The first-order chi connectivity index (χ1) is 18.1. The second-order valence-corrected chi connectivity index (χ2v) is 10.8. The number of rotatable bonds is 10. The summed E-state index contributed by atoms with van der Waals surface area (Å²) in [4.78, 5) is 16.0. The van der Waals surface area contributed by atoms with Crippen LogP contribution in [0.4, 0.5) is 0 Å². The van der Waals surface area contributed by atoms with Gasteiger partial charge < -0.3 is 20.5 Å². The molecule has 0 unspecified atom stereocenters. The van der Waals surface area contributed by atoms with Crippen molar-refractivity contribution in [3.8, 4) is 0 Å². The first-order valence-electron chi connectivity index (χ1n) is 12.2. The number of hydrogen-bond acceptors (Lipinski definition) is 7. The minimum atomic E-state index is -4.10. The van der Waals surface area contributed by atoms with Crippen molar-refractivity contribution in [2.75, 3.05) is 0 Å². The van der Waals surface area contributed by atoms with Gasteiger partial charge in [-0.1, -0.05) is 74.5 Å². The Kier molecular flexibility index (Phi) is 10.3. The summed E-state index contributed by atoms with van der Waals surface area (Å²) in [5.74, 6) is -0.721. The third-order valence-electron chi connectivity index (χ3n) is 5.78. The monoisotopic (exact) mass is 537 g/mol. The van der Waals surface area contributed by atoms with Crippen molar-refractivity contribution in [2.45, 2.75) is 43.9 Å². The van der Waals surface area contributed by atoms with Gasteiger partial charge in [0, 0.05) is 18.0 Å². The molecule has 0 amide bonds. The second-order valence-electron chi connectivity index (χ2n) is 9.15. The number of carboxylic acid groups (broad SMARTS) is 1. The van der Waals surface area contributed by atoms with Gasteiger partial charge in [0.05, 0.1) is 11.7 Å². The van der Waals surface area contributed by atoms with Crippen LogP contribution in [0.2, 0.25) is 0 Å². The maximum absolute atomic E-state index is 13.0. The van der Waals surface area contributed by atoms with E-state index in [1.165, 1.54) is 12.3 Å². The summed E-state index contributed by atoms with van der Waals surface area (Å²) in [5.41, 5.74) is 6.46. The summed E-state index contributed by atoms with van der Waals surface area (Å²) in [6.07, 6.45) is 2.01. The average molecular weight is 537 g/mol. The normalized spacial score (nSPS) is 13.1. The third kappa shape index (κ3) is 7.83. The van der Waals surface area contributed by atoms with Gasteiger partial charge in [-0.3, -0.25) is 9.78 Å². The van der Waals surface area contributed by atoms with Crippen LogP contribution in [0.5, 0.6) is 0 Å². The Labute approximate surface area is 223 Å². The maximum atomic E-state index is 13.0. The number of para-hydroxylation sites is 1. The molecule has 0 aliphatic rings. The van der Waals surface area contributed by atoms with E-state index in [9.17, 15) is 18.3 Å². The molecule has 1 aromatic heterocycles. The summed E-state index contributed by atoms with van der Waals surface area (Å²) in [7, 11) is -4.38. The van der Waals surface area contributed by atoms with Crippen LogP contribution in [-0.2, 0) is 25.9 Å². The zero-order chi connectivity index (χ0) is 27.7. The number of nitrogens with two attached hydrogens (primary N) is 1. The predicted octanol–water partition coefficient (Wildman–Crippen LogP) is 2.95. The number of sulfonamides is 1. The minimum absolute atomic E-state index is 0.0219. The molecule has 11 heteroatoms. The molecule has 0 aliphatic carbocycles. The van der Waals surface area contributed by atoms with Crippen LogP contribution in [0, 0.1) is 5.92 Å². The molecule has 0 aliphatic heterocycles. The van der Waals surface area contributed by atoms with Gasteiger partial charge in [-0.25, -0.2) is 8.42 Å². The maximum Gasteiger partial charge on any atom is 0.436 e. The first-order valence-corrected chi connectivity index (χ1v) is 13.6. The van der Waals surface area contributed by atoms with Crippen molar-refractivity contribution in [2.24, 2.45) is 11.7 Å². The van der Waals surface area contributed by atoms with Crippen LogP contribution < -0.4 is 10.5 Å². The van der Waals surface area contributed by atoms with Crippen LogP contribution in [0.15, 0.2) is 83.9 Å². The summed E-state index contributed by atoms with van der Waals surface area (Å²) in [6.45, 7) is 4.11. The van der Waals surface area contributed by atoms with Gasteiger partial charge in [-0.2, -0.15) is 4.72 Å². The molecule has 0 saturated heterocycles. The molecule has 0 fully saturated rings. The average Bonchev–Trinajstić information content (AvgIpc) is 2.88. The highest BCUT2D eigenvalue weighted by Crippen LogP contribution is 2.23. The second kappa shape index (κ2) is 13.5. The Morgan fingerprint density at radius 1 is 1.03 bits per heavy atom. The fourth-order valence-electron chi connectivity index (χ4n) is 4.04. The molecular formula is C27H32BN3O6S. The van der Waals surface area contributed by atoms with E-state index in [1.54, 1.807) is 24.3 Å². The molecule has 200 valence electrons. The number of carboxylic acids is 1. The number of nitrogens with one attached hydrogen (secondary N) is 1. The molecule has 1 heterocycles. The molecule has 0 saturated carbocycles. The molecule has 4 rings (SSSR count). The predicted molar refractivity (Wildman–Crippen MR) is 149 cm³/mol. The Balaban J connectivity index is 0.000000383. The third-order valence-corrected chi connectivity index (χ3v) is 7.28. The summed E-state index contributed by atoms with van der Waals surface area (Å²) < 4.78 is 33.0. The van der Waals surface area contributed by atoms with Gasteiger partial charge in [-0.05, 0) is 40.8 Å². The lowest BCUT2D eigenvalue weighted by molar-refractivity contribution is -0.138. The topological polar surface area (TPSA) is 152 Å². The van der Waals surface area contributed by atoms with Crippen LogP contribution in [0.25, 0.3) is 21.7 Å². The van der Waals surface area contributed by atoms with Crippen molar-refractivity contribution < 1.29 is 28.0 Å². The number of hydrogen-bond donors (Lipinski definition) is 4. The van der Waals surface area contributed by atoms with Gasteiger partial charge in [0.15, 0.2) is 0 Å². The number of aromatic nitrogens is 1. The van der Waals surface area contributed by atoms with Gasteiger partial charge in [-0.15, -0.1) is 0 Å². The summed E-state index contributed by atoms with van der Waals surface area (Å²) in [5, 5.41) is 20.5. The van der Waals surface area contributed by atoms with Crippen molar-refractivity contribution in [3.05, 3.63) is 84.6 Å². The van der Waals surface area contributed by atoms with E-state index < -0.39 is 22.0 Å². The van der Waals surface area contributed by atoms with E-state index >= 15 is 0 Å². The smallest absolute Gasteiger partial charge is 0.436 e. The van der Waals surface area contributed by atoms with Crippen LogP contribution in [0.1, 0.15) is 25.8 Å². The van der Waals surface area contributed by atoms with Crippen molar-refractivity contribution in [1.82, 2.24) is 9.71 Å². The van der Waals surface area contributed by atoms with Gasteiger partial charge in [0.25, 0.3) is 0 Å². The Bertz CT molecular complexity index is 1470. The molecule has 0 bridgehead atoms. The van der Waals surface area contributed by atoms with Crippen molar-refractivity contribution in [1.29, 1.82) is 0 Å². The van der Waals surface area contributed by atoms with E-state index in [1.807, 2.05) is 42.5 Å². The summed E-state index contributed by atoms with van der Waals surface area (Å²) in [6, 6.07) is 20.1. The quantitative estimate of drug-likeness (QED) is 0.178. The van der Waals surface area contributed by atoms with Crippen molar-refractivity contribution in [3.63, 3.8) is 0 Å². The number of benzene rings is 3. The van der Waals surface area contributed by atoms with Crippen LogP contribution in [-0.4, -0.2) is 49.5 Å². The molecule has 3 aromatic carbocycles. The lowest BCUT2D eigenvalue weighted by Gasteiger charge is -2.17. The van der Waals surface area contributed by atoms with Gasteiger partial charge in [0.1, 0.15) is 10.9 Å². The number of pyridine rings is 1. The van der Waals surface area contributed by atoms with Gasteiger partial charge >= 0.3 is 13.7 Å². The first kappa shape index (κ1) is 29.2. The number of carbonyl (C=O) groups is 1. The van der Waals surface area contributed by atoms with E-state index in [0.717, 1.165) is 22.8 Å². The van der Waals surface area contributed by atoms with E-state index in [4.69, 9.17) is 10.8 Å². The van der Waals surface area contributed by atoms with E-state index in [2.05, 4.69) is 28.2 Å². The van der Waals surface area contributed by atoms with Crippen LogP contribution in [0.3, 0.4) is 0 Å². The number of nitrogens with zero attached hydrogens (tertiary/aromatic N) is 1. The molecule has 9 nitrogen and oxygen atoms in total. The molecule has 4 aromatic rings. The summed E-state index contributed by atoms with van der Waals surface area (Å²) >= 11 is 0. The Morgan fingerprint density at radius 3 is 2.39 bits per heavy atom. The SMILES string of the molecule is CC(C)C[C@H](N)OBO.O=C(O)[C@H](Cc1cccc2ccccc12)NS(=O)(=O)c1cccc2cccnc12. The molecule has 38 heavy (non-hydrogen) atoms. The molecule has 0 radical (unpaired) electrons. The molecule has 0 spiro atoms. The largest absolute Gasteiger partial charge is 0.480 e. The number of fused-ring (bicyclic) bond motifs is 2. The molecule has 2 atom stereocenters. The highest BCUT2D eigenvalue weighted by atomic mass is 32.2. The fourth-order valence-corrected chi connectivity index (χ4v) is 5.41. The highest BCUT2D eigenvalue weighted by Gasteiger charge is 2.27. The van der Waals surface area contributed by atoms with E-state index in [0.29, 0.717) is 16.8 Å². The Morgan fingerprint density at radius 2 is 1.68 bits per heavy atom. The van der Waals surface area contributed by atoms with Crippen LogP contribution >= 0.6 is 0 Å². The zero-order valence-electron chi connectivity index (χ0n) is 21.3. The van der Waals surface area contributed by atoms with E-state index in [-0.39, 0.29) is 25.2 Å².